The molecule has 4 N–H and O–H groups in total. The number of carboxylic acid groups (broad SMARTS) is 1. The van der Waals surface area contributed by atoms with E-state index >= 15 is 0 Å². The maximum absolute atomic E-state index is 11.3. The summed E-state index contributed by atoms with van der Waals surface area (Å²) in [6.45, 7) is 1.51. The molecule has 1 aromatic heterocycles. The van der Waals surface area contributed by atoms with Gasteiger partial charge in [0.25, 0.3) is 0 Å². The molecule has 92 valence electrons. The first-order chi connectivity index (χ1) is 8.16. The lowest BCUT2D eigenvalue weighted by Crippen LogP contribution is -2.32. The van der Waals surface area contributed by atoms with Crippen molar-refractivity contribution in [3.8, 4) is 0 Å². The summed E-state index contributed by atoms with van der Waals surface area (Å²) in [5.74, 6) is -0.110. The second-order valence-corrected chi connectivity index (χ2v) is 6.04. The molecule has 0 spiro atoms. The Bertz CT molecular complexity index is 465. The molecule has 1 unspecified atom stereocenters. The summed E-state index contributed by atoms with van der Waals surface area (Å²) in [6, 6.07) is -0.0446. The van der Waals surface area contributed by atoms with Crippen LogP contribution in [0.3, 0.4) is 0 Å². The second kappa shape index (κ2) is 4.08. The maximum Gasteiger partial charge on any atom is 0.346 e. The van der Waals surface area contributed by atoms with Gasteiger partial charge in [-0.3, -0.25) is 0 Å². The first kappa shape index (κ1) is 11.2. The minimum atomic E-state index is -0.799. The van der Waals surface area contributed by atoms with Crippen LogP contribution in [0.4, 0.5) is 0 Å². The van der Waals surface area contributed by atoms with Gasteiger partial charge in [0, 0.05) is 24.0 Å². The lowest BCUT2D eigenvalue weighted by atomic mass is 9.95. The van der Waals surface area contributed by atoms with Crippen molar-refractivity contribution in [2.45, 2.75) is 31.8 Å². The highest BCUT2D eigenvalue weighted by molar-refractivity contribution is 7.14. The fraction of sp³-hybridized carbons (Fsp3) is 0.583. The van der Waals surface area contributed by atoms with Crippen LogP contribution in [0, 0.1) is 5.92 Å². The van der Waals surface area contributed by atoms with Crippen molar-refractivity contribution in [3.05, 3.63) is 20.9 Å². The van der Waals surface area contributed by atoms with Gasteiger partial charge in [-0.1, -0.05) is 0 Å². The van der Waals surface area contributed by atoms with E-state index in [2.05, 4.69) is 5.32 Å². The third-order valence-corrected chi connectivity index (χ3v) is 4.77. The van der Waals surface area contributed by atoms with Gasteiger partial charge in [0.2, 0.25) is 0 Å². The number of thiophene rings is 1. The number of carbonyl (C=O) groups is 1. The van der Waals surface area contributed by atoms with Gasteiger partial charge in [0.1, 0.15) is 4.88 Å². The molecule has 3 rings (SSSR count). The van der Waals surface area contributed by atoms with Gasteiger partial charge >= 0.3 is 5.97 Å². The molecule has 1 aliphatic heterocycles. The molecule has 1 fully saturated rings. The zero-order chi connectivity index (χ0) is 12.0. The first-order valence-electron chi connectivity index (χ1n) is 6.01. The van der Waals surface area contributed by atoms with E-state index in [-0.39, 0.29) is 6.04 Å². The summed E-state index contributed by atoms with van der Waals surface area (Å²) in [4.78, 5) is 12.9. The summed E-state index contributed by atoms with van der Waals surface area (Å²) in [7, 11) is 0. The molecule has 17 heavy (non-hydrogen) atoms. The molecule has 1 saturated carbocycles. The Morgan fingerprint density at radius 3 is 2.94 bits per heavy atom. The van der Waals surface area contributed by atoms with E-state index in [1.54, 1.807) is 0 Å². The molecule has 2 heterocycles. The van der Waals surface area contributed by atoms with Crippen molar-refractivity contribution in [2.24, 2.45) is 11.7 Å². The fourth-order valence-electron chi connectivity index (χ4n) is 2.52. The van der Waals surface area contributed by atoms with Crippen LogP contribution in [-0.2, 0) is 13.0 Å². The molecule has 0 saturated heterocycles. The van der Waals surface area contributed by atoms with Crippen LogP contribution in [-0.4, -0.2) is 17.6 Å². The number of hydrogen-bond acceptors (Lipinski definition) is 4. The van der Waals surface area contributed by atoms with E-state index in [0.717, 1.165) is 35.5 Å². The van der Waals surface area contributed by atoms with Crippen molar-refractivity contribution in [2.75, 3.05) is 6.54 Å². The molecule has 4 nitrogen and oxygen atoms in total. The Kier molecular flexibility index (Phi) is 2.69. The van der Waals surface area contributed by atoms with Crippen LogP contribution in [0.1, 0.15) is 44.6 Å². The number of nitrogens with one attached hydrogen (secondary N) is 1. The highest BCUT2D eigenvalue weighted by atomic mass is 32.1. The molecule has 5 heteroatoms. The third-order valence-electron chi connectivity index (χ3n) is 3.53. The van der Waals surface area contributed by atoms with E-state index in [4.69, 9.17) is 5.73 Å². The highest BCUT2D eigenvalue weighted by Gasteiger charge is 2.32. The number of hydrogen-bond donors (Lipinski definition) is 3. The van der Waals surface area contributed by atoms with Crippen LogP contribution in [0.25, 0.3) is 0 Å². The van der Waals surface area contributed by atoms with Crippen LogP contribution < -0.4 is 11.1 Å². The van der Waals surface area contributed by atoms with Crippen LogP contribution in [0.15, 0.2) is 0 Å². The van der Waals surface area contributed by atoms with E-state index < -0.39 is 5.97 Å². The minimum absolute atomic E-state index is 0.0446. The summed E-state index contributed by atoms with van der Waals surface area (Å²) < 4.78 is 0. The molecule has 2 aliphatic rings. The van der Waals surface area contributed by atoms with Crippen molar-refractivity contribution in [1.82, 2.24) is 5.32 Å². The lowest BCUT2D eigenvalue weighted by Gasteiger charge is -2.21. The van der Waals surface area contributed by atoms with Crippen LogP contribution in [0.5, 0.6) is 0 Å². The Labute approximate surface area is 104 Å². The van der Waals surface area contributed by atoms with Gasteiger partial charge in [-0.15, -0.1) is 11.3 Å². The Hall–Kier alpha value is -0.910. The monoisotopic (exact) mass is 252 g/mol. The van der Waals surface area contributed by atoms with Gasteiger partial charge in [-0.25, -0.2) is 4.79 Å². The van der Waals surface area contributed by atoms with E-state index in [1.165, 1.54) is 24.2 Å². The molecule has 0 bridgehead atoms. The average molecular weight is 252 g/mol. The molecule has 0 aromatic carbocycles. The Morgan fingerprint density at radius 1 is 1.53 bits per heavy atom. The van der Waals surface area contributed by atoms with Gasteiger partial charge in [-0.2, -0.15) is 0 Å². The van der Waals surface area contributed by atoms with Crippen molar-refractivity contribution < 1.29 is 9.90 Å². The predicted octanol–water partition coefficient (Wildman–Crippen LogP) is 1.50. The van der Waals surface area contributed by atoms with Gasteiger partial charge in [0.15, 0.2) is 0 Å². The molecule has 0 radical (unpaired) electrons. The summed E-state index contributed by atoms with van der Waals surface area (Å²) in [5.41, 5.74) is 8.25. The Balaban J connectivity index is 2.06. The quantitative estimate of drug-likeness (QED) is 0.762. The number of carboxylic acids is 1. The summed E-state index contributed by atoms with van der Waals surface area (Å²) >= 11 is 1.40. The average Bonchev–Trinajstić information content (AvgIpc) is 2.99. The van der Waals surface area contributed by atoms with Crippen LogP contribution in [0.2, 0.25) is 0 Å². The third kappa shape index (κ3) is 1.99. The van der Waals surface area contributed by atoms with Gasteiger partial charge in [-0.05, 0) is 36.3 Å². The van der Waals surface area contributed by atoms with E-state index in [9.17, 15) is 9.90 Å². The normalized spacial score (nSPS) is 23.5. The fourth-order valence-corrected chi connectivity index (χ4v) is 3.73. The SMILES string of the molecule is NC1CNCc2sc(C(=O)O)c(CC3CC3)c21. The molecular weight excluding hydrogens is 236 g/mol. The van der Waals surface area contributed by atoms with Crippen molar-refractivity contribution in [1.29, 1.82) is 0 Å². The highest BCUT2D eigenvalue weighted by Crippen LogP contribution is 2.40. The van der Waals surface area contributed by atoms with Crippen LogP contribution >= 0.6 is 11.3 Å². The zero-order valence-electron chi connectivity index (χ0n) is 9.53. The van der Waals surface area contributed by atoms with E-state index in [1.807, 2.05) is 0 Å². The number of nitrogens with two attached hydrogens (primary N) is 1. The summed E-state index contributed by atoms with van der Waals surface area (Å²) in [5, 5.41) is 12.5. The molecule has 1 aromatic rings. The first-order valence-corrected chi connectivity index (χ1v) is 6.82. The number of rotatable bonds is 3. The van der Waals surface area contributed by atoms with E-state index in [0.29, 0.717) is 10.8 Å². The second-order valence-electron chi connectivity index (χ2n) is 4.94. The smallest absolute Gasteiger partial charge is 0.346 e. The standard InChI is InChI=1S/C12H16N2O2S/c13-8-4-14-5-9-10(8)7(3-6-1-2-6)11(17-9)12(15)16/h6,8,14H,1-5,13H2,(H,15,16). The largest absolute Gasteiger partial charge is 0.477 e. The number of fused-ring (bicyclic) bond motifs is 1. The maximum atomic E-state index is 11.3. The van der Waals surface area contributed by atoms with Gasteiger partial charge < -0.3 is 16.2 Å². The lowest BCUT2D eigenvalue weighted by molar-refractivity contribution is 0.0701. The Morgan fingerprint density at radius 2 is 2.29 bits per heavy atom. The summed E-state index contributed by atoms with van der Waals surface area (Å²) in [6.07, 6.45) is 3.37. The predicted molar refractivity (Wildman–Crippen MR) is 66.3 cm³/mol. The van der Waals surface area contributed by atoms with Gasteiger partial charge in [0.05, 0.1) is 0 Å². The molecular formula is C12H16N2O2S. The topological polar surface area (TPSA) is 75.3 Å². The molecule has 0 amide bonds. The van der Waals surface area contributed by atoms with Crippen molar-refractivity contribution >= 4 is 17.3 Å². The molecule has 1 atom stereocenters. The minimum Gasteiger partial charge on any atom is -0.477 e. The number of aromatic carboxylic acids is 1. The van der Waals surface area contributed by atoms with Crippen molar-refractivity contribution in [3.63, 3.8) is 0 Å². The zero-order valence-corrected chi connectivity index (χ0v) is 10.3. The molecule has 1 aliphatic carbocycles.